The van der Waals surface area contributed by atoms with E-state index < -0.39 is 5.41 Å². The van der Waals surface area contributed by atoms with Gasteiger partial charge in [-0.05, 0) is 129 Å². The lowest BCUT2D eigenvalue weighted by Crippen LogP contribution is -2.26. The first-order chi connectivity index (χ1) is 27.2. The average molecular weight is 701 g/mol. The van der Waals surface area contributed by atoms with Gasteiger partial charge in [0.05, 0.1) is 23.6 Å². The number of hydrogen-bond donors (Lipinski definition) is 0. The van der Waals surface area contributed by atoms with Crippen molar-refractivity contribution in [2.75, 3.05) is 9.80 Å². The van der Waals surface area contributed by atoms with E-state index in [1.165, 1.54) is 0 Å². The first-order valence-corrected chi connectivity index (χ1v) is 18.4. The van der Waals surface area contributed by atoms with E-state index in [1.54, 1.807) is 0 Å². The Kier molecular flexibility index (Phi) is 7.44. The zero-order valence-corrected chi connectivity index (χ0v) is 29.8. The summed E-state index contributed by atoms with van der Waals surface area (Å²) in [6.07, 6.45) is 0. The van der Waals surface area contributed by atoms with Gasteiger partial charge in [0.1, 0.15) is 0 Å². The minimum atomic E-state index is -0.812. The van der Waals surface area contributed by atoms with Gasteiger partial charge in [0.2, 0.25) is 0 Å². The Balaban J connectivity index is 1.30. The molecule has 0 bridgehead atoms. The minimum Gasteiger partial charge on any atom is -0.310 e. The molecule has 4 nitrogen and oxygen atoms in total. The highest BCUT2D eigenvalue weighted by atomic mass is 15.1. The average Bonchev–Trinajstić information content (AvgIpc) is 3.71. The summed E-state index contributed by atoms with van der Waals surface area (Å²) in [5.41, 5.74) is 15.4. The first-order valence-electron chi connectivity index (χ1n) is 18.4. The third-order valence-electron chi connectivity index (χ3n) is 11.1. The van der Waals surface area contributed by atoms with Gasteiger partial charge < -0.3 is 9.80 Å². The summed E-state index contributed by atoms with van der Waals surface area (Å²) in [7, 11) is 0. The number of hydrogen-bond acceptors (Lipinski definition) is 3. The van der Waals surface area contributed by atoms with Crippen LogP contribution in [0.1, 0.15) is 27.8 Å². The van der Waals surface area contributed by atoms with Crippen molar-refractivity contribution in [3.63, 3.8) is 0 Å². The molecule has 0 amide bonds. The number of benzene rings is 8. The third kappa shape index (κ3) is 4.90. The van der Waals surface area contributed by atoms with Crippen molar-refractivity contribution in [2.24, 2.45) is 0 Å². The van der Waals surface area contributed by atoms with Crippen LogP contribution >= 0.6 is 0 Å². The van der Waals surface area contributed by atoms with E-state index >= 15 is 0 Å². The van der Waals surface area contributed by atoms with Gasteiger partial charge in [-0.2, -0.15) is 5.26 Å². The molecule has 10 rings (SSSR count). The molecule has 55 heavy (non-hydrogen) atoms. The second kappa shape index (κ2) is 12.8. The molecule has 8 aromatic rings. The van der Waals surface area contributed by atoms with Crippen LogP contribution in [-0.2, 0) is 5.41 Å². The van der Waals surface area contributed by atoms with Gasteiger partial charge in [0.25, 0.3) is 0 Å². The van der Waals surface area contributed by atoms with Gasteiger partial charge in [0.15, 0.2) is 5.69 Å². The molecule has 0 saturated heterocycles. The van der Waals surface area contributed by atoms with Crippen LogP contribution in [0.2, 0.25) is 0 Å². The fraction of sp³-hybridized carbons (Fsp3) is 0.0196. The summed E-state index contributed by atoms with van der Waals surface area (Å²) >= 11 is 0. The molecule has 2 aliphatic carbocycles. The summed E-state index contributed by atoms with van der Waals surface area (Å²) in [5, 5.41) is 10.3. The van der Waals surface area contributed by atoms with Crippen molar-refractivity contribution in [3.8, 4) is 28.3 Å². The molecule has 0 unspecified atom stereocenters. The Morgan fingerprint density at radius 2 is 0.764 bits per heavy atom. The molecular formula is C51H32N4. The van der Waals surface area contributed by atoms with E-state index in [0.717, 1.165) is 78.6 Å². The number of nitriles is 1. The van der Waals surface area contributed by atoms with Crippen LogP contribution in [-0.4, -0.2) is 0 Å². The van der Waals surface area contributed by atoms with Gasteiger partial charge >= 0.3 is 0 Å². The fourth-order valence-corrected chi connectivity index (χ4v) is 8.81. The molecule has 0 fully saturated rings. The molecular weight excluding hydrogens is 669 g/mol. The normalized spacial score (nSPS) is 12.5. The summed E-state index contributed by atoms with van der Waals surface area (Å²) in [4.78, 5) is 8.54. The Labute approximate surface area is 320 Å². The highest BCUT2D eigenvalue weighted by Crippen LogP contribution is 2.64. The zero-order valence-electron chi connectivity index (χ0n) is 29.8. The van der Waals surface area contributed by atoms with Gasteiger partial charge in [-0.1, -0.05) is 109 Å². The van der Waals surface area contributed by atoms with Crippen LogP contribution in [0.3, 0.4) is 0 Å². The maximum Gasteiger partial charge on any atom is 0.187 e. The predicted molar refractivity (Wildman–Crippen MR) is 223 cm³/mol. The van der Waals surface area contributed by atoms with Gasteiger partial charge in [-0.3, -0.25) is 0 Å². The summed E-state index contributed by atoms with van der Waals surface area (Å²) < 4.78 is 0. The molecule has 0 heterocycles. The minimum absolute atomic E-state index is 0.583. The quantitative estimate of drug-likeness (QED) is 0.162. The molecule has 0 N–H and O–H groups in total. The van der Waals surface area contributed by atoms with Crippen molar-refractivity contribution in [3.05, 3.63) is 233 Å². The zero-order chi connectivity index (χ0) is 36.9. The SMILES string of the molecule is [C-]#[N+]c1ccc2c(c1)C1(c3cc(C#N)ccc3-2)c2cc(N(c3ccccc3)c3ccccc3)ccc2-c2ccc(N(c3ccccc3)c3ccccc3)cc21. The molecule has 0 saturated carbocycles. The van der Waals surface area contributed by atoms with E-state index in [0.29, 0.717) is 11.3 Å². The smallest absolute Gasteiger partial charge is 0.187 e. The first kappa shape index (κ1) is 32.0. The molecule has 1 spiro atoms. The second-order valence-corrected chi connectivity index (χ2v) is 13.9. The number of rotatable bonds is 6. The van der Waals surface area contributed by atoms with Crippen LogP contribution in [0.5, 0.6) is 0 Å². The van der Waals surface area contributed by atoms with Crippen LogP contribution < -0.4 is 9.80 Å². The number of nitrogens with zero attached hydrogens (tertiary/aromatic N) is 4. The molecule has 0 atom stereocenters. The van der Waals surface area contributed by atoms with Gasteiger partial charge in [-0.15, -0.1) is 0 Å². The third-order valence-corrected chi connectivity index (χ3v) is 11.1. The van der Waals surface area contributed by atoms with Crippen LogP contribution in [0.4, 0.5) is 39.8 Å². The topological polar surface area (TPSA) is 34.6 Å². The molecule has 4 heteroatoms. The number of fused-ring (bicyclic) bond motifs is 10. The maximum atomic E-state index is 10.3. The molecule has 8 aromatic carbocycles. The van der Waals surface area contributed by atoms with Crippen molar-refractivity contribution in [1.29, 1.82) is 5.26 Å². The van der Waals surface area contributed by atoms with Gasteiger partial charge in [0, 0.05) is 34.1 Å². The van der Waals surface area contributed by atoms with Crippen molar-refractivity contribution < 1.29 is 0 Å². The fourth-order valence-electron chi connectivity index (χ4n) is 8.81. The predicted octanol–water partition coefficient (Wildman–Crippen LogP) is 13.4. The van der Waals surface area contributed by atoms with Crippen LogP contribution in [0.25, 0.3) is 27.1 Å². The van der Waals surface area contributed by atoms with E-state index in [2.05, 4.69) is 178 Å². The van der Waals surface area contributed by atoms with Crippen LogP contribution in [0.15, 0.2) is 194 Å². The Morgan fingerprint density at radius 3 is 1.16 bits per heavy atom. The standard InChI is InChI=1S/C51H32N4/c1-53-36-23-27-44-43-26-22-35(34-52)30-47(43)51(48(44)31-36)49-32-41(54(37-14-6-2-7-15-37)38-16-8-3-9-17-38)24-28-45(49)46-29-25-42(33-50(46)51)55(39-18-10-4-11-19-39)40-20-12-5-13-21-40/h2-33H. The Hall–Kier alpha value is -7.66. The van der Waals surface area contributed by atoms with Crippen molar-refractivity contribution in [1.82, 2.24) is 0 Å². The number of para-hydroxylation sites is 4. The second-order valence-electron chi connectivity index (χ2n) is 13.9. The largest absolute Gasteiger partial charge is 0.310 e. The summed E-state index contributed by atoms with van der Waals surface area (Å²) in [5.74, 6) is 0. The monoisotopic (exact) mass is 700 g/mol. The van der Waals surface area contributed by atoms with Crippen molar-refractivity contribution >= 4 is 39.8 Å². The number of anilines is 6. The summed E-state index contributed by atoms with van der Waals surface area (Å²) in [6.45, 7) is 8.11. The molecule has 2 aliphatic rings. The molecule has 0 aromatic heterocycles. The van der Waals surface area contributed by atoms with E-state index in [4.69, 9.17) is 6.57 Å². The molecule has 256 valence electrons. The maximum absolute atomic E-state index is 10.3. The highest BCUT2D eigenvalue weighted by molar-refractivity contribution is 5.98. The molecule has 0 radical (unpaired) electrons. The highest BCUT2D eigenvalue weighted by Gasteiger charge is 2.52. The van der Waals surface area contributed by atoms with Crippen LogP contribution in [0, 0.1) is 17.9 Å². The lowest BCUT2D eigenvalue weighted by Gasteiger charge is -2.33. The summed E-state index contributed by atoms with van der Waals surface area (Å²) in [6, 6.07) is 70.1. The van der Waals surface area contributed by atoms with E-state index in [1.807, 2.05) is 36.4 Å². The lowest BCUT2D eigenvalue weighted by atomic mass is 9.70. The Morgan fingerprint density at radius 1 is 0.400 bits per heavy atom. The Bertz CT molecular complexity index is 2560. The van der Waals surface area contributed by atoms with Crippen molar-refractivity contribution in [2.45, 2.75) is 5.41 Å². The molecule has 0 aliphatic heterocycles. The van der Waals surface area contributed by atoms with E-state index in [-0.39, 0.29) is 0 Å². The van der Waals surface area contributed by atoms with Gasteiger partial charge in [-0.25, -0.2) is 4.85 Å². The van der Waals surface area contributed by atoms with E-state index in [9.17, 15) is 5.26 Å². The lowest BCUT2D eigenvalue weighted by molar-refractivity contribution is 0.793.